The smallest absolute Gasteiger partial charge is 0.253 e. The topological polar surface area (TPSA) is 61.6 Å². The summed E-state index contributed by atoms with van der Waals surface area (Å²) < 4.78 is 0. The third-order valence-corrected chi connectivity index (χ3v) is 3.86. The highest BCUT2D eigenvalue weighted by Gasteiger charge is 2.16. The summed E-state index contributed by atoms with van der Waals surface area (Å²) >= 11 is 0. The first-order chi connectivity index (χ1) is 9.61. The van der Waals surface area contributed by atoms with Gasteiger partial charge in [-0.1, -0.05) is 0 Å². The van der Waals surface area contributed by atoms with Crippen molar-refractivity contribution in [1.82, 2.24) is 10.2 Å². The summed E-state index contributed by atoms with van der Waals surface area (Å²) in [6.07, 6.45) is 2.59. The van der Waals surface area contributed by atoms with Crippen LogP contribution in [0.5, 0.6) is 0 Å². The lowest BCUT2D eigenvalue weighted by Crippen LogP contribution is -2.32. The van der Waals surface area contributed by atoms with Gasteiger partial charge in [0.1, 0.15) is 0 Å². The van der Waals surface area contributed by atoms with Crippen LogP contribution < -0.4 is 16.0 Å². The van der Waals surface area contributed by atoms with Crippen LogP contribution >= 0.6 is 0 Å². The maximum atomic E-state index is 11.9. The van der Waals surface area contributed by atoms with Crippen molar-refractivity contribution in [3.63, 3.8) is 0 Å². The van der Waals surface area contributed by atoms with Crippen LogP contribution in [-0.2, 0) is 0 Å². The molecule has 110 valence electrons. The molecule has 5 heteroatoms. The molecule has 1 aliphatic heterocycles. The predicted molar refractivity (Wildman–Crippen MR) is 83.2 cm³/mol. The third kappa shape index (κ3) is 3.42. The number of rotatable bonds is 5. The third-order valence-electron chi connectivity index (χ3n) is 3.86. The first-order valence-electron chi connectivity index (χ1n) is 7.17. The second-order valence-corrected chi connectivity index (χ2v) is 5.33. The molecule has 0 saturated carbocycles. The van der Waals surface area contributed by atoms with Gasteiger partial charge in [0, 0.05) is 32.9 Å². The number of nitrogens with two attached hydrogens (primary N) is 1. The second-order valence-electron chi connectivity index (χ2n) is 5.33. The molecule has 1 aromatic carbocycles. The van der Waals surface area contributed by atoms with Crippen LogP contribution in [0.2, 0.25) is 0 Å². The van der Waals surface area contributed by atoms with E-state index in [4.69, 9.17) is 5.73 Å². The molecule has 1 aliphatic rings. The van der Waals surface area contributed by atoms with Crippen LogP contribution in [0, 0.1) is 0 Å². The maximum absolute atomic E-state index is 11.9. The molecule has 2 rings (SSSR count). The average molecular weight is 276 g/mol. The zero-order valence-corrected chi connectivity index (χ0v) is 12.4. The number of anilines is 2. The number of likely N-dealkylation sites (N-methyl/N-ethyl adjacent to an activating group) is 1. The molecule has 0 bridgehead atoms. The number of nitrogens with one attached hydrogen (secondary N) is 1. The fourth-order valence-corrected chi connectivity index (χ4v) is 2.61. The van der Waals surface area contributed by atoms with Crippen molar-refractivity contribution in [2.45, 2.75) is 12.8 Å². The van der Waals surface area contributed by atoms with Crippen molar-refractivity contribution in [2.75, 3.05) is 50.9 Å². The molecule has 0 atom stereocenters. The largest absolute Gasteiger partial charge is 0.399 e. The lowest BCUT2D eigenvalue weighted by atomic mass is 10.1. The molecule has 1 fully saturated rings. The van der Waals surface area contributed by atoms with Gasteiger partial charge in [0.25, 0.3) is 5.91 Å². The Morgan fingerprint density at radius 3 is 2.75 bits per heavy atom. The average Bonchev–Trinajstić information content (AvgIpc) is 2.97. The van der Waals surface area contributed by atoms with Crippen LogP contribution in [0.1, 0.15) is 23.2 Å². The van der Waals surface area contributed by atoms with Gasteiger partial charge in [-0.05, 0) is 44.1 Å². The van der Waals surface area contributed by atoms with Crippen molar-refractivity contribution in [1.29, 1.82) is 0 Å². The Kier molecular flexibility index (Phi) is 4.84. The van der Waals surface area contributed by atoms with E-state index in [1.165, 1.54) is 25.9 Å². The SMILES string of the molecule is CNC(=O)c1ccc(N)cc1N(C)CCN1CCCC1. The van der Waals surface area contributed by atoms with Gasteiger partial charge < -0.3 is 20.9 Å². The Bertz CT molecular complexity index is 469. The summed E-state index contributed by atoms with van der Waals surface area (Å²) in [6, 6.07) is 5.42. The number of hydrogen-bond acceptors (Lipinski definition) is 4. The zero-order chi connectivity index (χ0) is 14.5. The molecule has 3 N–H and O–H groups in total. The fourth-order valence-electron chi connectivity index (χ4n) is 2.61. The summed E-state index contributed by atoms with van der Waals surface area (Å²) in [6.45, 7) is 4.30. The molecule has 0 unspecified atom stereocenters. The molecule has 1 aromatic rings. The second kappa shape index (κ2) is 6.61. The highest BCUT2D eigenvalue weighted by molar-refractivity contribution is 6.00. The Balaban J connectivity index is 2.08. The standard InChI is InChI=1S/C15H24N4O/c1-17-15(20)13-6-5-12(16)11-14(13)18(2)9-10-19-7-3-4-8-19/h5-6,11H,3-4,7-10,16H2,1-2H3,(H,17,20). The van der Waals surface area contributed by atoms with Gasteiger partial charge in [-0.25, -0.2) is 0 Å². The normalized spacial score (nSPS) is 15.3. The van der Waals surface area contributed by atoms with Crippen LogP contribution in [0.4, 0.5) is 11.4 Å². The number of carbonyl (C=O) groups excluding carboxylic acids is 1. The number of likely N-dealkylation sites (tertiary alicyclic amines) is 1. The van der Waals surface area contributed by atoms with Gasteiger partial charge in [-0.2, -0.15) is 0 Å². The van der Waals surface area contributed by atoms with Crippen LogP contribution in [0.15, 0.2) is 18.2 Å². The van der Waals surface area contributed by atoms with Gasteiger partial charge >= 0.3 is 0 Å². The van der Waals surface area contributed by atoms with Gasteiger partial charge in [0.05, 0.1) is 11.3 Å². The number of amides is 1. The summed E-state index contributed by atoms with van der Waals surface area (Å²) in [4.78, 5) is 16.5. The summed E-state index contributed by atoms with van der Waals surface area (Å²) in [5.41, 5.74) is 8.10. The van der Waals surface area contributed by atoms with E-state index in [9.17, 15) is 4.79 Å². The minimum atomic E-state index is -0.0759. The van der Waals surface area contributed by atoms with E-state index in [0.717, 1.165) is 18.8 Å². The summed E-state index contributed by atoms with van der Waals surface area (Å²) in [5, 5.41) is 2.68. The first kappa shape index (κ1) is 14.7. The van der Waals surface area contributed by atoms with Crippen LogP contribution in [-0.4, -0.2) is 51.1 Å². The molecule has 1 saturated heterocycles. The molecule has 1 heterocycles. The quantitative estimate of drug-likeness (QED) is 0.792. The van der Waals surface area contributed by atoms with Crippen molar-refractivity contribution in [3.05, 3.63) is 23.8 Å². The number of nitrogen functional groups attached to an aromatic ring is 1. The minimum absolute atomic E-state index is 0.0759. The molecule has 1 amide bonds. The van der Waals surface area contributed by atoms with E-state index >= 15 is 0 Å². The molecule has 0 radical (unpaired) electrons. The molecular formula is C15H24N4O. The molecule has 0 aliphatic carbocycles. The lowest BCUT2D eigenvalue weighted by molar-refractivity contribution is 0.0963. The van der Waals surface area contributed by atoms with Crippen LogP contribution in [0.25, 0.3) is 0 Å². The lowest BCUT2D eigenvalue weighted by Gasteiger charge is -2.25. The predicted octanol–water partition coefficient (Wildman–Crippen LogP) is 1.16. The van der Waals surface area contributed by atoms with Crippen molar-refractivity contribution >= 4 is 17.3 Å². The number of benzene rings is 1. The van der Waals surface area contributed by atoms with E-state index in [2.05, 4.69) is 15.1 Å². The Morgan fingerprint density at radius 1 is 1.40 bits per heavy atom. The number of carbonyl (C=O) groups is 1. The summed E-state index contributed by atoms with van der Waals surface area (Å²) in [7, 11) is 3.66. The zero-order valence-electron chi connectivity index (χ0n) is 12.4. The molecular weight excluding hydrogens is 252 g/mol. The van der Waals surface area contributed by atoms with Crippen molar-refractivity contribution < 1.29 is 4.79 Å². The van der Waals surface area contributed by atoms with E-state index in [-0.39, 0.29) is 5.91 Å². The summed E-state index contributed by atoms with van der Waals surface area (Å²) in [5.74, 6) is -0.0759. The highest BCUT2D eigenvalue weighted by Crippen LogP contribution is 2.23. The minimum Gasteiger partial charge on any atom is -0.399 e. The van der Waals surface area contributed by atoms with Gasteiger partial charge in [0.2, 0.25) is 0 Å². The van der Waals surface area contributed by atoms with Gasteiger partial charge in [-0.3, -0.25) is 4.79 Å². The van der Waals surface area contributed by atoms with E-state index < -0.39 is 0 Å². The van der Waals surface area contributed by atoms with Crippen molar-refractivity contribution in [2.24, 2.45) is 0 Å². The van der Waals surface area contributed by atoms with Gasteiger partial charge in [0.15, 0.2) is 0 Å². The number of nitrogens with zero attached hydrogens (tertiary/aromatic N) is 2. The van der Waals surface area contributed by atoms with Gasteiger partial charge in [-0.15, -0.1) is 0 Å². The molecule has 0 aromatic heterocycles. The number of hydrogen-bond donors (Lipinski definition) is 2. The Labute approximate surface area is 120 Å². The first-order valence-corrected chi connectivity index (χ1v) is 7.17. The van der Waals surface area contributed by atoms with E-state index in [1.54, 1.807) is 19.2 Å². The van der Waals surface area contributed by atoms with Crippen molar-refractivity contribution in [3.8, 4) is 0 Å². The molecule has 5 nitrogen and oxygen atoms in total. The molecule has 0 spiro atoms. The Hall–Kier alpha value is -1.75. The highest BCUT2D eigenvalue weighted by atomic mass is 16.1. The van der Waals surface area contributed by atoms with E-state index in [1.807, 2.05) is 13.1 Å². The maximum Gasteiger partial charge on any atom is 0.253 e. The van der Waals surface area contributed by atoms with Crippen LogP contribution in [0.3, 0.4) is 0 Å². The Morgan fingerprint density at radius 2 is 2.10 bits per heavy atom. The molecule has 20 heavy (non-hydrogen) atoms. The monoisotopic (exact) mass is 276 g/mol. The van der Waals surface area contributed by atoms with E-state index in [0.29, 0.717) is 11.3 Å². The fraction of sp³-hybridized carbons (Fsp3) is 0.533.